The second-order valence-electron chi connectivity index (χ2n) is 7.98. The zero-order valence-corrected chi connectivity index (χ0v) is 19.3. The SMILES string of the molecule is CSCCC(NC=O)C(=O)N1CCC2(CCN(C(=O)c3cccnc3SC)CC2)C1. The van der Waals surface area contributed by atoms with E-state index in [2.05, 4.69) is 10.3 Å². The fourth-order valence-corrected chi connectivity index (χ4v) is 5.43. The molecule has 3 amide bonds. The smallest absolute Gasteiger partial charge is 0.256 e. The van der Waals surface area contributed by atoms with Gasteiger partial charge in [-0.1, -0.05) is 0 Å². The standard InChI is InChI=1S/C21H30N4O3S2/c1-29-13-5-17(23-15-26)20(28)25-12-8-21(14-25)6-10-24(11-7-21)19(27)16-4-3-9-22-18(16)30-2/h3-4,9,15,17H,5-8,10-14H2,1-2H3,(H,23,26). The molecule has 2 aliphatic heterocycles. The number of nitrogens with one attached hydrogen (secondary N) is 1. The third-order valence-corrected chi connectivity index (χ3v) is 7.59. The third kappa shape index (κ3) is 5.11. The maximum atomic E-state index is 13.0. The summed E-state index contributed by atoms with van der Waals surface area (Å²) in [5.74, 6) is 0.895. The van der Waals surface area contributed by atoms with E-state index in [1.54, 1.807) is 24.0 Å². The van der Waals surface area contributed by atoms with Crippen LogP contribution in [0.25, 0.3) is 0 Å². The van der Waals surface area contributed by atoms with Crippen molar-refractivity contribution in [1.82, 2.24) is 20.1 Å². The van der Waals surface area contributed by atoms with Gasteiger partial charge in [0.15, 0.2) is 0 Å². The van der Waals surface area contributed by atoms with Crippen LogP contribution in [0.5, 0.6) is 0 Å². The number of carbonyl (C=O) groups is 3. The van der Waals surface area contributed by atoms with Crippen LogP contribution in [0.3, 0.4) is 0 Å². The average molecular weight is 451 g/mol. The molecule has 1 unspecified atom stereocenters. The highest BCUT2D eigenvalue weighted by atomic mass is 32.2. The number of carbonyl (C=O) groups excluding carboxylic acids is 3. The fraction of sp³-hybridized carbons (Fsp3) is 0.619. The summed E-state index contributed by atoms with van der Waals surface area (Å²) in [6.07, 6.45) is 9.66. The van der Waals surface area contributed by atoms with E-state index >= 15 is 0 Å². The van der Waals surface area contributed by atoms with Crippen LogP contribution in [0.2, 0.25) is 0 Å². The van der Waals surface area contributed by atoms with Crippen LogP contribution in [0.4, 0.5) is 0 Å². The number of rotatable bonds is 8. The van der Waals surface area contributed by atoms with Crippen LogP contribution < -0.4 is 5.32 Å². The van der Waals surface area contributed by atoms with Crippen molar-refractivity contribution in [3.63, 3.8) is 0 Å². The van der Waals surface area contributed by atoms with Gasteiger partial charge in [-0.25, -0.2) is 4.98 Å². The van der Waals surface area contributed by atoms with Gasteiger partial charge < -0.3 is 15.1 Å². The van der Waals surface area contributed by atoms with Gasteiger partial charge in [0.25, 0.3) is 5.91 Å². The Morgan fingerprint density at radius 1 is 1.23 bits per heavy atom. The average Bonchev–Trinajstić information content (AvgIpc) is 3.19. The first-order valence-corrected chi connectivity index (χ1v) is 12.9. The fourth-order valence-electron chi connectivity index (χ4n) is 4.42. The summed E-state index contributed by atoms with van der Waals surface area (Å²) in [6.45, 7) is 2.84. The molecular formula is C21H30N4O3S2. The van der Waals surface area contributed by atoms with Crippen molar-refractivity contribution in [2.75, 3.05) is 44.4 Å². The van der Waals surface area contributed by atoms with Gasteiger partial charge in [-0.2, -0.15) is 11.8 Å². The lowest BCUT2D eigenvalue weighted by atomic mass is 9.77. The monoisotopic (exact) mass is 450 g/mol. The van der Waals surface area contributed by atoms with E-state index in [0.29, 0.717) is 38.0 Å². The Hall–Kier alpha value is -1.74. The van der Waals surface area contributed by atoms with Gasteiger partial charge in [0.1, 0.15) is 11.1 Å². The van der Waals surface area contributed by atoms with Crippen LogP contribution in [0.15, 0.2) is 23.4 Å². The third-order valence-electron chi connectivity index (χ3n) is 6.23. The lowest BCUT2D eigenvalue weighted by Gasteiger charge is -2.39. The first-order chi connectivity index (χ1) is 14.5. The van der Waals surface area contributed by atoms with Crippen LogP contribution in [0.1, 0.15) is 36.0 Å². The van der Waals surface area contributed by atoms with E-state index in [0.717, 1.165) is 36.6 Å². The number of hydrogen-bond acceptors (Lipinski definition) is 6. The lowest BCUT2D eigenvalue weighted by molar-refractivity contribution is -0.134. The molecule has 0 radical (unpaired) electrons. The molecule has 3 rings (SSSR count). The number of hydrogen-bond donors (Lipinski definition) is 1. The summed E-state index contributed by atoms with van der Waals surface area (Å²) in [5, 5.41) is 3.45. The summed E-state index contributed by atoms with van der Waals surface area (Å²) >= 11 is 3.16. The summed E-state index contributed by atoms with van der Waals surface area (Å²) < 4.78 is 0. The molecule has 0 aromatic carbocycles. The number of piperidine rings is 1. The largest absolute Gasteiger partial charge is 0.347 e. The second kappa shape index (κ2) is 10.5. The molecule has 2 fully saturated rings. The summed E-state index contributed by atoms with van der Waals surface area (Å²) in [6, 6.07) is 3.21. The van der Waals surface area contributed by atoms with Gasteiger partial charge in [0.05, 0.1) is 5.56 Å². The molecule has 1 N–H and O–H groups in total. The maximum Gasteiger partial charge on any atom is 0.256 e. The van der Waals surface area contributed by atoms with E-state index < -0.39 is 6.04 Å². The van der Waals surface area contributed by atoms with Crippen molar-refractivity contribution in [3.05, 3.63) is 23.9 Å². The number of aromatic nitrogens is 1. The predicted molar refractivity (Wildman–Crippen MR) is 121 cm³/mol. The van der Waals surface area contributed by atoms with Gasteiger partial charge in [-0.05, 0) is 61.5 Å². The van der Waals surface area contributed by atoms with Crippen molar-refractivity contribution >= 4 is 41.7 Å². The first kappa shape index (κ1) is 22.9. The van der Waals surface area contributed by atoms with Crippen LogP contribution in [-0.4, -0.2) is 83.5 Å². The molecule has 2 aliphatic rings. The molecule has 2 saturated heterocycles. The van der Waals surface area contributed by atoms with Gasteiger partial charge >= 0.3 is 0 Å². The number of thioether (sulfide) groups is 2. The molecule has 0 saturated carbocycles. The van der Waals surface area contributed by atoms with E-state index in [4.69, 9.17) is 0 Å². The lowest BCUT2D eigenvalue weighted by Crippen LogP contribution is -2.48. The van der Waals surface area contributed by atoms with Crippen LogP contribution in [-0.2, 0) is 9.59 Å². The van der Waals surface area contributed by atoms with E-state index in [1.165, 1.54) is 11.8 Å². The second-order valence-corrected chi connectivity index (χ2v) is 9.76. The van der Waals surface area contributed by atoms with Crippen LogP contribution in [0, 0.1) is 5.41 Å². The number of likely N-dealkylation sites (tertiary alicyclic amines) is 2. The number of amides is 3. The van der Waals surface area contributed by atoms with Gasteiger partial charge in [0.2, 0.25) is 12.3 Å². The molecule has 0 bridgehead atoms. The maximum absolute atomic E-state index is 13.0. The van der Waals surface area contributed by atoms with E-state index in [-0.39, 0.29) is 17.2 Å². The van der Waals surface area contributed by atoms with E-state index in [9.17, 15) is 14.4 Å². The molecule has 1 aromatic rings. The molecule has 164 valence electrons. The zero-order chi connectivity index (χ0) is 21.6. The molecule has 1 atom stereocenters. The topological polar surface area (TPSA) is 82.6 Å². The molecule has 7 nitrogen and oxygen atoms in total. The molecule has 0 aliphatic carbocycles. The minimum atomic E-state index is -0.442. The minimum Gasteiger partial charge on any atom is -0.347 e. The molecule has 30 heavy (non-hydrogen) atoms. The Bertz CT molecular complexity index is 768. The molecule has 3 heterocycles. The molecule has 1 aromatic heterocycles. The van der Waals surface area contributed by atoms with Gasteiger partial charge in [0, 0.05) is 32.4 Å². The van der Waals surface area contributed by atoms with Crippen molar-refractivity contribution in [3.8, 4) is 0 Å². The van der Waals surface area contributed by atoms with E-state index in [1.807, 2.05) is 28.4 Å². The molecule has 9 heteroatoms. The Morgan fingerprint density at radius 3 is 2.57 bits per heavy atom. The minimum absolute atomic E-state index is 0.0199. The Balaban J connectivity index is 1.58. The van der Waals surface area contributed by atoms with Crippen LogP contribution >= 0.6 is 23.5 Å². The highest BCUT2D eigenvalue weighted by Crippen LogP contribution is 2.41. The predicted octanol–water partition coefficient (Wildman–Crippen LogP) is 2.13. The van der Waals surface area contributed by atoms with Gasteiger partial charge in [-0.3, -0.25) is 14.4 Å². The summed E-state index contributed by atoms with van der Waals surface area (Å²) in [4.78, 5) is 45.0. The van der Waals surface area contributed by atoms with Crippen molar-refractivity contribution in [2.45, 2.75) is 36.8 Å². The number of pyridine rings is 1. The Kier molecular flexibility index (Phi) is 8.05. The highest BCUT2D eigenvalue weighted by Gasteiger charge is 2.43. The highest BCUT2D eigenvalue weighted by molar-refractivity contribution is 7.98. The number of nitrogens with zero attached hydrogens (tertiary/aromatic N) is 3. The quantitative estimate of drug-likeness (QED) is 0.483. The van der Waals surface area contributed by atoms with Crippen molar-refractivity contribution < 1.29 is 14.4 Å². The molecular weight excluding hydrogens is 420 g/mol. The van der Waals surface area contributed by atoms with Crippen molar-refractivity contribution in [2.24, 2.45) is 5.41 Å². The Morgan fingerprint density at radius 2 is 1.93 bits per heavy atom. The Labute approximate surface area is 186 Å². The molecule has 1 spiro atoms. The summed E-state index contributed by atoms with van der Waals surface area (Å²) in [7, 11) is 0. The zero-order valence-electron chi connectivity index (χ0n) is 17.6. The van der Waals surface area contributed by atoms with Crippen molar-refractivity contribution in [1.29, 1.82) is 0 Å². The summed E-state index contributed by atoms with van der Waals surface area (Å²) in [5.41, 5.74) is 0.746. The van der Waals surface area contributed by atoms with Gasteiger partial charge in [-0.15, -0.1) is 11.8 Å². The first-order valence-electron chi connectivity index (χ1n) is 10.3. The normalized spacial score (nSPS) is 19.0.